The first-order valence-corrected chi connectivity index (χ1v) is 7.50. The molecular weight excluding hydrogens is 284 g/mol. The highest BCUT2D eigenvalue weighted by Gasteiger charge is 2.13. The molecule has 0 radical (unpaired) electrons. The van der Waals surface area contributed by atoms with Gasteiger partial charge >= 0.3 is 0 Å². The number of halogens is 1. The Bertz CT molecular complexity index is 652. The second-order valence-corrected chi connectivity index (χ2v) is 6.28. The van der Waals surface area contributed by atoms with Gasteiger partial charge in [0.1, 0.15) is 10.0 Å². The molecule has 0 amide bonds. The molecule has 0 aliphatic carbocycles. The summed E-state index contributed by atoms with van der Waals surface area (Å²) in [4.78, 5) is 3.86. The van der Waals surface area contributed by atoms with Gasteiger partial charge < -0.3 is 0 Å². The average Bonchev–Trinajstić information content (AvgIpc) is 2.39. The summed E-state index contributed by atoms with van der Waals surface area (Å²) in [6.45, 7) is 2.22. The van der Waals surface area contributed by atoms with Crippen LogP contribution in [0, 0.1) is 6.92 Å². The van der Waals surface area contributed by atoms with Gasteiger partial charge in [-0.15, -0.1) is 0 Å². The minimum Gasteiger partial charge on any atom is -0.243 e. The minimum absolute atomic E-state index is 0.101. The van der Waals surface area contributed by atoms with E-state index in [1.807, 2.05) is 31.2 Å². The van der Waals surface area contributed by atoms with Crippen LogP contribution in [0.5, 0.6) is 0 Å². The van der Waals surface area contributed by atoms with Crippen LogP contribution in [0.15, 0.2) is 47.5 Å². The van der Waals surface area contributed by atoms with E-state index in [0.717, 1.165) is 11.1 Å². The Balaban J connectivity index is 2.09. The molecule has 1 heterocycles. The molecule has 1 N–H and O–H groups in total. The Morgan fingerprint density at radius 2 is 1.84 bits per heavy atom. The third-order valence-electron chi connectivity index (χ3n) is 2.60. The maximum atomic E-state index is 12.0. The number of benzene rings is 1. The lowest BCUT2D eigenvalue weighted by Crippen LogP contribution is -2.23. The minimum atomic E-state index is -3.56. The average molecular weight is 297 g/mol. The molecule has 0 unspecified atom stereocenters. The summed E-state index contributed by atoms with van der Waals surface area (Å²) in [5, 5.41) is 0.262. The molecular formula is C13H13ClN2O2S. The maximum Gasteiger partial charge on any atom is 0.242 e. The molecule has 0 saturated carbocycles. The monoisotopic (exact) mass is 296 g/mol. The van der Waals surface area contributed by atoms with Crippen LogP contribution in [-0.2, 0) is 16.6 Å². The van der Waals surface area contributed by atoms with E-state index in [4.69, 9.17) is 11.6 Å². The van der Waals surface area contributed by atoms with Crippen molar-refractivity contribution < 1.29 is 8.42 Å². The van der Waals surface area contributed by atoms with Crippen LogP contribution in [0.4, 0.5) is 0 Å². The fraction of sp³-hybridized carbons (Fsp3) is 0.154. The smallest absolute Gasteiger partial charge is 0.242 e. The Morgan fingerprint density at radius 1 is 1.16 bits per heavy atom. The first-order chi connectivity index (χ1) is 8.97. The van der Waals surface area contributed by atoms with Crippen molar-refractivity contribution in [2.45, 2.75) is 18.4 Å². The number of sulfonamides is 1. The molecule has 4 nitrogen and oxygen atoms in total. The van der Waals surface area contributed by atoms with Crippen molar-refractivity contribution in [2.24, 2.45) is 0 Å². The zero-order valence-corrected chi connectivity index (χ0v) is 11.9. The van der Waals surface area contributed by atoms with Gasteiger partial charge in [-0.25, -0.2) is 18.1 Å². The Hall–Kier alpha value is -1.43. The third kappa shape index (κ3) is 3.76. The molecule has 0 aliphatic rings. The van der Waals surface area contributed by atoms with Gasteiger partial charge in [0.2, 0.25) is 10.0 Å². The number of hydrogen-bond donors (Lipinski definition) is 1. The summed E-state index contributed by atoms with van der Waals surface area (Å²) >= 11 is 5.62. The van der Waals surface area contributed by atoms with Gasteiger partial charge in [-0.05, 0) is 24.6 Å². The van der Waals surface area contributed by atoms with Crippen LogP contribution in [0.3, 0.4) is 0 Å². The molecule has 2 rings (SSSR count). The van der Waals surface area contributed by atoms with Gasteiger partial charge in [0.05, 0.1) is 0 Å². The summed E-state index contributed by atoms with van der Waals surface area (Å²) in [6.07, 6.45) is 1.24. The molecule has 6 heteroatoms. The van der Waals surface area contributed by atoms with Crippen LogP contribution >= 0.6 is 11.6 Å². The summed E-state index contributed by atoms with van der Waals surface area (Å²) in [5.74, 6) is 0. The summed E-state index contributed by atoms with van der Waals surface area (Å²) in [7, 11) is -3.56. The third-order valence-corrected chi connectivity index (χ3v) is 4.21. The quantitative estimate of drug-likeness (QED) is 0.882. The molecule has 1 aromatic carbocycles. The number of nitrogens with zero attached hydrogens (tertiary/aromatic N) is 1. The zero-order chi connectivity index (χ0) is 13.9. The van der Waals surface area contributed by atoms with Crippen LogP contribution in [0.1, 0.15) is 11.1 Å². The standard InChI is InChI=1S/C13H13ClN2O2S/c1-10-2-4-11(5-3-10)8-16-19(17,18)12-6-7-13(14)15-9-12/h2-7,9,16H,8H2,1H3. The molecule has 0 fully saturated rings. The molecule has 100 valence electrons. The first-order valence-electron chi connectivity index (χ1n) is 5.64. The fourth-order valence-electron chi connectivity index (χ4n) is 1.49. The van der Waals surface area contributed by atoms with Crippen molar-refractivity contribution in [1.82, 2.24) is 9.71 Å². The molecule has 0 bridgehead atoms. The Morgan fingerprint density at radius 3 is 2.42 bits per heavy atom. The van der Waals surface area contributed by atoms with E-state index in [-0.39, 0.29) is 16.6 Å². The summed E-state index contributed by atoms with van der Waals surface area (Å²) < 4.78 is 26.5. The van der Waals surface area contributed by atoms with E-state index < -0.39 is 10.0 Å². The highest BCUT2D eigenvalue weighted by molar-refractivity contribution is 7.89. The lowest BCUT2D eigenvalue weighted by molar-refractivity contribution is 0.581. The second-order valence-electron chi connectivity index (χ2n) is 4.13. The molecule has 19 heavy (non-hydrogen) atoms. The van der Waals surface area contributed by atoms with Gasteiger partial charge in [-0.1, -0.05) is 41.4 Å². The van der Waals surface area contributed by atoms with E-state index in [0.29, 0.717) is 0 Å². The van der Waals surface area contributed by atoms with Gasteiger partial charge in [-0.2, -0.15) is 0 Å². The van der Waals surface area contributed by atoms with Crippen molar-refractivity contribution >= 4 is 21.6 Å². The van der Waals surface area contributed by atoms with E-state index in [1.54, 1.807) is 0 Å². The normalized spacial score (nSPS) is 11.5. The summed E-state index contributed by atoms with van der Waals surface area (Å²) in [5.41, 5.74) is 2.03. The molecule has 2 aromatic rings. The van der Waals surface area contributed by atoms with E-state index in [2.05, 4.69) is 9.71 Å². The SMILES string of the molecule is Cc1ccc(CNS(=O)(=O)c2ccc(Cl)nc2)cc1. The molecule has 0 saturated heterocycles. The van der Waals surface area contributed by atoms with E-state index >= 15 is 0 Å². The number of nitrogens with one attached hydrogen (secondary N) is 1. The van der Waals surface area contributed by atoms with Crippen molar-refractivity contribution in [3.8, 4) is 0 Å². The highest BCUT2D eigenvalue weighted by atomic mass is 35.5. The fourth-order valence-corrected chi connectivity index (χ4v) is 2.56. The van der Waals surface area contributed by atoms with Crippen LogP contribution in [0.25, 0.3) is 0 Å². The molecule has 0 atom stereocenters. The lowest BCUT2D eigenvalue weighted by Gasteiger charge is -2.06. The predicted octanol–water partition coefficient (Wildman–Crippen LogP) is 2.52. The Labute approximate surface area is 117 Å². The molecule has 0 spiro atoms. The highest BCUT2D eigenvalue weighted by Crippen LogP contribution is 2.11. The largest absolute Gasteiger partial charge is 0.243 e. The van der Waals surface area contributed by atoms with Crippen molar-refractivity contribution in [3.05, 3.63) is 58.9 Å². The van der Waals surface area contributed by atoms with Gasteiger partial charge in [0.15, 0.2) is 0 Å². The number of aromatic nitrogens is 1. The van der Waals surface area contributed by atoms with Gasteiger partial charge in [0.25, 0.3) is 0 Å². The van der Waals surface area contributed by atoms with Crippen LogP contribution in [0.2, 0.25) is 5.15 Å². The first kappa shape index (κ1) is 14.0. The van der Waals surface area contributed by atoms with Crippen molar-refractivity contribution in [3.63, 3.8) is 0 Å². The second kappa shape index (κ2) is 5.69. The lowest BCUT2D eigenvalue weighted by atomic mass is 10.2. The van der Waals surface area contributed by atoms with Gasteiger partial charge in [0, 0.05) is 12.7 Å². The number of rotatable bonds is 4. The molecule has 1 aromatic heterocycles. The molecule has 0 aliphatic heterocycles. The van der Waals surface area contributed by atoms with Crippen molar-refractivity contribution in [2.75, 3.05) is 0 Å². The zero-order valence-electron chi connectivity index (χ0n) is 10.3. The number of aryl methyl sites for hydroxylation is 1. The summed E-state index contributed by atoms with van der Waals surface area (Å²) in [6, 6.07) is 10.5. The topological polar surface area (TPSA) is 59.1 Å². The maximum absolute atomic E-state index is 12.0. The van der Waals surface area contributed by atoms with Gasteiger partial charge in [-0.3, -0.25) is 0 Å². The van der Waals surface area contributed by atoms with E-state index in [1.165, 1.54) is 18.3 Å². The number of pyridine rings is 1. The van der Waals surface area contributed by atoms with E-state index in [9.17, 15) is 8.42 Å². The van der Waals surface area contributed by atoms with Crippen molar-refractivity contribution in [1.29, 1.82) is 0 Å². The van der Waals surface area contributed by atoms with Crippen LogP contribution in [-0.4, -0.2) is 13.4 Å². The number of hydrogen-bond acceptors (Lipinski definition) is 3. The predicted molar refractivity (Wildman–Crippen MR) is 74.5 cm³/mol. The van der Waals surface area contributed by atoms with Crippen LogP contribution < -0.4 is 4.72 Å². The Kier molecular flexibility index (Phi) is 4.19.